The van der Waals surface area contributed by atoms with Gasteiger partial charge < -0.3 is 30.5 Å². The van der Waals surface area contributed by atoms with E-state index in [2.05, 4.69) is 50.8 Å². The Morgan fingerprint density at radius 2 is 1.76 bits per heavy atom. The third-order valence-electron chi connectivity index (χ3n) is 4.72. The Hall–Kier alpha value is -1.83. The zero-order valence-electron chi connectivity index (χ0n) is 19.2. The van der Waals surface area contributed by atoms with Crippen LogP contribution in [-0.2, 0) is 14.4 Å². The van der Waals surface area contributed by atoms with E-state index >= 15 is 0 Å². The van der Waals surface area contributed by atoms with Crippen molar-refractivity contribution >= 4 is 17.8 Å². The number of nitrogens with zero attached hydrogens (tertiary/aromatic N) is 1. The molecule has 0 saturated heterocycles. The van der Waals surface area contributed by atoms with Crippen LogP contribution in [0, 0.1) is 17.8 Å². The van der Waals surface area contributed by atoms with Crippen LogP contribution in [0.4, 0.5) is 4.79 Å². The average molecular weight is 414 g/mol. The van der Waals surface area contributed by atoms with E-state index in [1.165, 1.54) is 0 Å². The molecule has 0 aromatic rings. The summed E-state index contributed by atoms with van der Waals surface area (Å²) < 4.78 is 5.30. The van der Waals surface area contributed by atoms with Gasteiger partial charge in [-0.05, 0) is 60.8 Å². The molecule has 4 N–H and O–H groups in total. The van der Waals surface area contributed by atoms with E-state index in [0.29, 0.717) is 0 Å². The molecule has 29 heavy (non-hydrogen) atoms. The molecule has 2 aliphatic rings. The van der Waals surface area contributed by atoms with Crippen LogP contribution in [0.3, 0.4) is 0 Å². The van der Waals surface area contributed by atoms with Gasteiger partial charge in [0.2, 0.25) is 0 Å². The van der Waals surface area contributed by atoms with Gasteiger partial charge in [-0.15, -0.1) is 0 Å². The third-order valence-corrected chi connectivity index (χ3v) is 4.72. The summed E-state index contributed by atoms with van der Waals surface area (Å²) in [6.07, 6.45) is 0.899. The SMILES string of the molecule is CC(C)(C)[NH3+].CCC(CC)C1=NO[C@H]2[C@@H]1[C@H](NC(=O)OC(C)(C)C)C[C@@H]2C(=O)[O-]. The highest BCUT2D eigenvalue weighted by Gasteiger charge is 2.53. The summed E-state index contributed by atoms with van der Waals surface area (Å²) in [5.74, 6) is -1.99. The summed E-state index contributed by atoms with van der Waals surface area (Å²) in [6, 6.07) is -0.380. The zero-order valence-corrected chi connectivity index (χ0v) is 19.2. The van der Waals surface area contributed by atoms with Crippen molar-refractivity contribution in [1.82, 2.24) is 5.32 Å². The predicted molar refractivity (Wildman–Crippen MR) is 109 cm³/mol. The summed E-state index contributed by atoms with van der Waals surface area (Å²) in [5.41, 5.74) is 4.25. The zero-order chi connectivity index (χ0) is 22.6. The number of amides is 1. The van der Waals surface area contributed by atoms with Crippen LogP contribution in [0.5, 0.6) is 0 Å². The summed E-state index contributed by atoms with van der Waals surface area (Å²) in [5, 5.41) is 18.4. The number of alkyl carbamates (subject to hydrolysis) is 1. The standard InChI is InChI=1S/C17H28N2O5.C4H11N/c1-6-9(7-2)13-12-11(18-16(22)23-17(3,4)5)8-10(15(20)21)14(12)24-19-13;1-4(2,3)5/h9-12,14H,6-8H2,1-5H3,(H,18,22)(H,20,21);5H2,1-3H3/t10-,11+,12+,14+;/m0./s1. The van der Waals surface area contributed by atoms with Crippen LogP contribution in [0.2, 0.25) is 0 Å². The highest BCUT2D eigenvalue weighted by atomic mass is 16.6. The molecule has 1 aliphatic heterocycles. The number of hydrogen-bond donors (Lipinski definition) is 2. The van der Waals surface area contributed by atoms with E-state index in [0.717, 1.165) is 18.6 Å². The van der Waals surface area contributed by atoms with Gasteiger partial charge in [-0.1, -0.05) is 19.0 Å². The van der Waals surface area contributed by atoms with E-state index < -0.39 is 29.7 Å². The minimum Gasteiger partial charge on any atom is -0.550 e. The molecule has 1 aliphatic carbocycles. The number of carboxylic acid groups (broad SMARTS) is 1. The second kappa shape index (κ2) is 9.78. The number of nitrogens with one attached hydrogen (secondary N) is 1. The van der Waals surface area contributed by atoms with E-state index in [9.17, 15) is 14.7 Å². The van der Waals surface area contributed by atoms with E-state index in [-0.39, 0.29) is 29.8 Å². The Labute approximate surface area is 174 Å². The topological polar surface area (TPSA) is 128 Å². The summed E-state index contributed by atoms with van der Waals surface area (Å²) in [6.45, 7) is 15.7. The van der Waals surface area contributed by atoms with Crippen molar-refractivity contribution in [2.24, 2.45) is 22.9 Å². The molecule has 0 unspecified atom stereocenters. The fourth-order valence-corrected chi connectivity index (χ4v) is 3.62. The number of carbonyl (C=O) groups is 2. The number of carboxylic acids is 1. The van der Waals surface area contributed by atoms with Crippen molar-refractivity contribution in [1.29, 1.82) is 0 Å². The molecule has 8 heteroatoms. The molecule has 1 saturated carbocycles. The van der Waals surface area contributed by atoms with Crippen molar-refractivity contribution in [3.63, 3.8) is 0 Å². The van der Waals surface area contributed by atoms with Gasteiger partial charge in [-0.3, -0.25) is 0 Å². The molecule has 4 atom stereocenters. The first-order valence-corrected chi connectivity index (χ1v) is 10.5. The smallest absolute Gasteiger partial charge is 0.407 e. The number of oxime groups is 1. The lowest BCUT2D eigenvalue weighted by Crippen LogP contribution is -2.67. The predicted octanol–water partition coefficient (Wildman–Crippen LogP) is 1.48. The lowest BCUT2D eigenvalue weighted by atomic mass is 9.84. The molecule has 1 heterocycles. The first-order chi connectivity index (χ1) is 13.2. The van der Waals surface area contributed by atoms with Gasteiger partial charge in [-0.25, -0.2) is 4.79 Å². The number of quaternary nitrogens is 1. The lowest BCUT2D eigenvalue weighted by molar-refractivity contribution is -0.458. The Bertz CT molecular complexity index is 596. The van der Waals surface area contributed by atoms with Crippen LogP contribution in [-0.4, -0.2) is 41.1 Å². The number of ether oxygens (including phenoxy) is 1. The van der Waals surface area contributed by atoms with Crippen molar-refractivity contribution < 1.29 is 30.0 Å². The molecule has 0 aromatic heterocycles. The molecule has 168 valence electrons. The molecule has 2 rings (SSSR count). The van der Waals surface area contributed by atoms with Crippen LogP contribution in [0.25, 0.3) is 0 Å². The molecule has 8 nitrogen and oxygen atoms in total. The lowest BCUT2D eigenvalue weighted by Gasteiger charge is -2.26. The van der Waals surface area contributed by atoms with Gasteiger partial charge in [-0.2, -0.15) is 0 Å². The molecular formula is C21H39N3O5. The number of carbonyl (C=O) groups excluding carboxylic acids is 2. The second-order valence-corrected chi connectivity index (χ2v) is 10.1. The third kappa shape index (κ3) is 7.84. The second-order valence-electron chi connectivity index (χ2n) is 10.1. The normalized spacial score (nSPS) is 26.1. The molecule has 0 radical (unpaired) electrons. The average Bonchev–Trinajstić information content (AvgIpc) is 3.07. The van der Waals surface area contributed by atoms with Crippen molar-refractivity contribution in [2.75, 3.05) is 0 Å². The Morgan fingerprint density at radius 1 is 1.24 bits per heavy atom. The highest BCUT2D eigenvalue weighted by molar-refractivity contribution is 5.92. The summed E-state index contributed by atoms with van der Waals surface area (Å²) in [7, 11) is 0. The van der Waals surface area contributed by atoms with E-state index in [1.54, 1.807) is 20.8 Å². The van der Waals surface area contributed by atoms with Gasteiger partial charge >= 0.3 is 6.09 Å². The molecule has 1 amide bonds. The first kappa shape index (κ1) is 25.2. The van der Waals surface area contributed by atoms with Gasteiger partial charge in [0.25, 0.3) is 0 Å². The number of aliphatic carboxylic acids is 1. The quantitative estimate of drug-likeness (QED) is 0.706. The molecule has 1 fully saturated rings. The van der Waals surface area contributed by atoms with E-state index in [1.807, 2.05) is 0 Å². The Morgan fingerprint density at radius 3 is 2.17 bits per heavy atom. The molecule has 0 aromatic carbocycles. The van der Waals surface area contributed by atoms with Crippen LogP contribution < -0.4 is 16.2 Å². The van der Waals surface area contributed by atoms with Gasteiger partial charge in [0.15, 0.2) is 0 Å². The summed E-state index contributed by atoms with van der Waals surface area (Å²) in [4.78, 5) is 29.0. The number of rotatable bonds is 5. The number of fused-ring (bicyclic) bond motifs is 1. The fraction of sp³-hybridized carbons (Fsp3) is 0.857. The Kier molecular flexibility index (Phi) is 8.50. The van der Waals surface area contributed by atoms with Crippen LogP contribution >= 0.6 is 0 Å². The maximum atomic E-state index is 12.1. The first-order valence-electron chi connectivity index (χ1n) is 10.5. The largest absolute Gasteiger partial charge is 0.550 e. The van der Waals surface area contributed by atoms with Gasteiger partial charge in [0, 0.05) is 23.8 Å². The maximum Gasteiger partial charge on any atom is 0.407 e. The van der Waals surface area contributed by atoms with Crippen molar-refractivity contribution in [3.8, 4) is 0 Å². The molecular weight excluding hydrogens is 374 g/mol. The van der Waals surface area contributed by atoms with Crippen LogP contribution in [0.15, 0.2) is 5.16 Å². The Balaban J connectivity index is 0.000000749. The molecule has 0 spiro atoms. The minimum absolute atomic E-state index is 0.212. The monoisotopic (exact) mass is 413 g/mol. The fourth-order valence-electron chi connectivity index (χ4n) is 3.62. The van der Waals surface area contributed by atoms with Crippen molar-refractivity contribution in [3.05, 3.63) is 0 Å². The van der Waals surface area contributed by atoms with E-state index in [4.69, 9.17) is 9.57 Å². The number of hydrogen-bond acceptors (Lipinski definition) is 6. The minimum atomic E-state index is -1.17. The summed E-state index contributed by atoms with van der Waals surface area (Å²) >= 11 is 0. The maximum absolute atomic E-state index is 12.1. The van der Waals surface area contributed by atoms with Crippen molar-refractivity contribution in [2.45, 2.75) is 97.9 Å². The van der Waals surface area contributed by atoms with Gasteiger partial charge in [0.05, 0.1) is 17.2 Å². The highest BCUT2D eigenvalue weighted by Crippen LogP contribution is 2.41. The molecule has 0 bridgehead atoms. The van der Waals surface area contributed by atoms with Gasteiger partial charge in [0.1, 0.15) is 11.7 Å². The van der Waals surface area contributed by atoms with Crippen LogP contribution in [0.1, 0.15) is 74.7 Å².